The third-order valence-corrected chi connectivity index (χ3v) is 3.77. The molecule has 4 N–H and O–H groups in total. The molecule has 2 rings (SSSR count). The zero-order valence-corrected chi connectivity index (χ0v) is 14.8. The van der Waals surface area contributed by atoms with Crippen molar-refractivity contribution in [3.8, 4) is 5.75 Å². The van der Waals surface area contributed by atoms with Crippen molar-refractivity contribution in [1.29, 1.82) is 0 Å². The van der Waals surface area contributed by atoms with Crippen molar-refractivity contribution < 1.29 is 14.3 Å². The molecule has 0 bridgehead atoms. The van der Waals surface area contributed by atoms with Crippen LogP contribution < -0.4 is 21.1 Å². The number of hydrogen-bond acceptors (Lipinski definition) is 4. The molecule has 1 aromatic rings. The maximum absolute atomic E-state index is 10.8. The van der Waals surface area contributed by atoms with E-state index in [2.05, 4.69) is 15.6 Å². The number of amides is 1. The summed E-state index contributed by atoms with van der Waals surface area (Å²) in [6, 6.07) is 7.51. The highest BCUT2D eigenvalue weighted by Gasteiger charge is 2.20. The van der Waals surface area contributed by atoms with Gasteiger partial charge in [-0.15, -0.1) is 0 Å². The Kier molecular flexibility index (Phi) is 8.04. The summed E-state index contributed by atoms with van der Waals surface area (Å²) < 4.78 is 10.9. The third kappa shape index (κ3) is 8.39. The summed E-state index contributed by atoms with van der Waals surface area (Å²) in [7, 11) is 1.74. The number of carbonyl (C=O) groups excluding carboxylic acids is 1. The lowest BCUT2D eigenvalue weighted by Crippen LogP contribution is -2.37. The summed E-state index contributed by atoms with van der Waals surface area (Å²) in [6.07, 6.45) is 3.59. The van der Waals surface area contributed by atoms with Crippen molar-refractivity contribution in [1.82, 2.24) is 10.6 Å². The van der Waals surface area contributed by atoms with E-state index in [0.717, 1.165) is 43.6 Å². The Morgan fingerprint density at radius 1 is 1.36 bits per heavy atom. The molecule has 138 valence electrons. The zero-order valence-electron chi connectivity index (χ0n) is 14.8. The molecule has 1 fully saturated rings. The zero-order chi connectivity index (χ0) is 17.9. The molecular formula is C18H28N4O3. The molecule has 0 heterocycles. The van der Waals surface area contributed by atoms with Gasteiger partial charge >= 0.3 is 0 Å². The van der Waals surface area contributed by atoms with Gasteiger partial charge in [0.05, 0.1) is 0 Å². The van der Waals surface area contributed by atoms with Gasteiger partial charge < -0.3 is 25.8 Å². The van der Waals surface area contributed by atoms with Crippen LogP contribution in [0.5, 0.6) is 5.75 Å². The van der Waals surface area contributed by atoms with Gasteiger partial charge in [-0.25, -0.2) is 0 Å². The Morgan fingerprint density at radius 3 is 2.92 bits per heavy atom. The van der Waals surface area contributed by atoms with Crippen LogP contribution in [0.15, 0.2) is 29.3 Å². The fourth-order valence-corrected chi connectivity index (χ4v) is 2.22. The molecule has 7 nitrogen and oxygen atoms in total. The molecule has 0 radical (unpaired) electrons. The summed E-state index contributed by atoms with van der Waals surface area (Å²) in [5.74, 6) is 1.68. The summed E-state index contributed by atoms with van der Waals surface area (Å²) in [5, 5.41) is 6.51. The first-order chi connectivity index (χ1) is 12.2. The van der Waals surface area contributed by atoms with E-state index in [-0.39, 0.29) is 6.61 Å². The molecule has 1 aliphatic carbocycles. The van der Waals surface area contributed by atoms with Gasteiger partial charge in [0.25, 0.3) is 5.91 Å². The molecule has 1 saturated carbocycles. The van der Waals surface area contributed by atoms with Crippen molar-refractivity contribution in [2.24, 2.45) is 16.6 Å². The van der Waals surface area contributed by atoms with Crippen LogP contribution in [-0.2, 0) is 16.1 Å². The largest absolute Gasteiger partial charge is 0.484 e. The van der Waals surface area contributed by atoms with Crippen molar-refractivity contribution in [3.05, 3.63) is 29.8 Å². The molecule has 25 heavy (non-hydrogen) atoms. The van der Waals surface area contributed by atoms with Gasteiger partial charge in [0.1, 0.15) is 5.75 Å². The molecule has 0 atom stereocenters. The number of aliphatic imine (C=N–C) groups is 1. The first-order valence-corrected chi connectivity index (χ1v) is 8.69. The summed E-state index contributed by atoms with van der Waals surface area (Å²) >= 11 is 0. The number of rotatable bonds is 11. The topological polar surface area (TPSA) is 98.0 Å². The number of hydrogen-bond donors (Lipinski definition) is 3. The van der Waals surface area contributed by atoms with Crippen LogP contribution >= 0.6 is 0 Å². The molecule has 0 aliphatic heterocycles. The van der Waals surface area contributed by atoms with Crippen molar-refractivity contribution in [3.63, 3.8) is 0 Å². The Hall–Kier alpha value is -2.28. The Morgan fingerprint density at radius 2 is 2.20 bits per heavy atom. The number of guanidine groups is 1. The fourth-order valence-electron chi connectivity index (χ4n) is 2.22. The number of nitrogens with two attached hydrogens (primary N) is 1. The van der Waals surface area contributed by atoms with E-state index in [4.69, 9.17) is 15.2 Å². The molecule has 1 aliphatic rings. The number of benzene rings is 1. The minimum absolute atomic E-state index is 0.122. The molecule has 0 aromatic heterocycles. The minimum atomic E-state index is -0.491. The molecule has 1 amide bonds. The van der Waals surface area contributed by atoms with Gasteiger partial charge in [-0.1, -0.05) is 12.1 Å². The van der Waals surface area contributed by atoms with Crippen molar-refractivity contribution in [2.75, 3.05) is 33.4 Å². The van der Waals surface area contributed by atoms with E-state index in [9.17, 15) is 4.79 Å². The SMILES string of the molecule is CN=C(NCCCOCC1CC1)NCc1cccc(OCC(N)=O)c1. The quantitative estimate of drug-likeness (QED) is 0.315. The summed E-state index contributed by atoms with van der Waals surface area (Å²) in [4.78, 5) is 15.0. The number of primary amides is 1. The Labute approximate surface area is 149 Å². The first kappa shape index (κ1) is 19.1. The van der Waals surface area contributed by atoms with E-state index < -0.39 is 5.91 Å². The number of carbonyl (C=O) groups is 1. The summed E-state index contributed by atoms with van der Waals surface area (Å²) in [5.41, 5.74) is 6.11. The highest BCUT2D eigenvalue weighted by atomic mass is 16.5. The summed E-state index contributed by atoms with van der Waals surface area (Å²) in [6.45, 7) is 2.97. The second kappa shape index (κ2) is 10.6. The van der Waals surface area contributed by atoms with Gasteiger partial charge in [-0.3, -0.25) is 9.79 Å². The third-order valence-electron chi connectivity index (χ3n) is 3.77. The van der Waals surface area contributed by atoms with Crippen LogP contribution in [-0.4, -0.2) is 45.3 Å². The standard InChI is InChI=1S/C18H28N4O3/c1-20-18(21-8-3-9-24-12-14-6-7-14)22-11-15-4-2-5-16(10-15)25-13-17(19)23/h2,4-5,10,14H,3,6-9,11-13H2,1H3,(H2,19,23)(H2,20,21,22). The van der Waals surface area contributed by atoms with E-state index in [1.807, 2.05) is 18.2 Å². The van der Waals surface area contributed by atoms with Gasteiger partial charge in [0.15, 0.2) is 12.6 Å². The Bertz CT molecular complexity index is 573. The van der Waals surface area contributed by atoms with E-state index in [1.54, 1.807) is 13.1 Å². The number of nitrogens with zero attached hydrogens (tertiary/aromatic N) is 1. The average Bonchev–Trinajstić information content (AvgIpc) is 3.43. The lowest BCUT2D eigenvalue weighted by Gasteiger charge is -2.12. The lowest BCUT2D eigenvalue weighted by atomic mass is 10.2. The van der Waals surface area contributed by atoms with Crippen LogP contribution in [0, 0.1) is 5.92 Å². The van der Waals surface area contributed by atoms with Crippen molar-refractivity contribution in [2.45, 2.75) is 25.8 Å². The van der Waals surface area contributed by atoms with Crippen molar-refractivity contribution >= 4 is 11.9 Å². The van der Waals surface area contributed by atoms with Crippen LogP contribution in [0.1, 0.15) is 24.8 Å². The smallest absolute Gasteiger partial charge is 0.255 e. The second-order valence-electron chi connectivity index (χ2n) is 6.13. The van der Waals surface area contributed by atoms with Gasteiger partial charge in [0, 0.05) is 33.4 Å². The van der Waals surface area contributed by atoms with Gasteiger partial charge in [-0.2, -0.15) is 0 Å². The minimum Gasteiger partial charge on any atom is -0.484 e. The predicted octanol–water partition coefficient (Wildman–Crippen LogP) is 1.03. The molecule has 0 saturated heterocycles. The molecule has 1 aromatic carbocycles. The maximum atomic E-state index is 10.8. The van der Waals surface area contributed by atoms with E-state index in [1.165, 1.54) is 12.8 Å². The monoisotopic (exact) mass is 348 g/mol. The number of ether oxygens (including phenoxy) is 2. The van der Waals surface area contributed by atoms with Crippen LogP contribution in [0.4, 0.5) is 0 Å². The van der Waals surface area contributed by atoms with Gasteiger partial charge in [0.2, 0.25) is 0 Å². The molecule has 7 heteroatoms. The molecule has 0 unspecified atom stereocenters. The van der Waals surface area contributed by atoms with Crippen LogP contribution in [0.3, 0.4) is 0 Å². The van der Waals surface area contributed by atoms with Gasteiger partial charge in [-0.05, 0) is 42.9 Å². The highest BCUT2D eigenvalue weighted by molar-refractivity contribution is 5.79. The molecular weight excluding hydrogens is 320 g/mol. The van der Waals surface area contributed by atoms with Crippen LogP contribution in [0.2, 0.25) is 0 Å². The fraction of sp³-hybridized carbons (Fsp3) is 0.556. The Balaban J connectivity index is 1.63. The molecule has 0 spiro atoms. The van der Waals surface area contributed by atoms with E-state index in [0.29, 0.717) is 12.3 Å². The first-order valence-electron chi connectivity index (χ1n) is 8.69. The normalized spacial score (nSPS) is 14.2. The van der Waals surface area contributed by atoms with E-state index >= 15 is 0 Å². The van der Waals surface area contributed by atoms with Crippen LogP contribution in [0.25, 0.3) is 0 Å². The second-order valence-corrected chi connectivity index (χ2v) is 6.13. The predicted molar refractivity (Wildman–Crippen MR) is 97.5 cm³/mol. The average molecular weight is 348 g/mol. The lowest BCUT2D eigenvalue weighted by molar-refractivity contribution is -0.119. The number of nitrogens with one attached hydrogen (secondary N) is 2. The maximum Gasteiger partial charge on any atom is 0.255 e. The highest BCUT2D eigenvalue weighted by Crippen LogP contribution is 2.28.